The molecule has 0 saturated carbocycles. The summed E-state index contributed by atoms with van der Waals surface area (Å²) < 4.78 is 21.0. The summed E-state index contributed by atoms with van der Waals surface area (Å²) in [5, 5.41) is 2.97. The van der Waals surface area contributed by atoms with Crippen molar-refractivity contribution in [3.05, 3.63) is 29.8 Å². The Kier molecular flexibility index (Phi) is 10.4. The van der Waals surface area contributed by atoms with Gasteiger partial charge in [-0.15, -0.1) is 0 Å². The average molecular weight is 397 g/mol. The molecule has 1 amide bonds. The summed E-state index contributed by atoms with van der Waals surface area (Å²) in [4.78, 5) is 11.6. The number of anilines is 1. The first-order valence-electron chi connectivity index (χ1n) is 9.98. The summed E-state index contributed by atoms with van der Waals surface area (Å²) in [5.74, 6) is 0. The Morgan fingerprint density at radius 3 is 2.44 bits per heavy atom. The minimum absolute atomic E-state index is 0.196. The minimum atomic E-state index is -1.06. The number of alkyl carbamates (subject to hydrolysis) is 1. The van der Waals surface area contributed by atoms with E-state index in [-0.39, 0.29) is 11.3 Å². The van der Waals surface area contributed by atoms with Gasteiger partial charge in [0.25, 0.3) is 0 Å². The van der Waals surface area contributed by atoms with Crippen molar-refractivity contribution in [1.29, 1.82) is 0 Å². The predicted molar refractivity (Wildman–Crippen MR) is 114 cm³/mol. The lowest BCUT2D eigenvalue weighted by molar-refractivity contribution is 0.0527. The molecule has 5 nitrogen and oxygen atoms in total. The zero-order valence-electron chi connectivity index (χ0n) is 17.5. The molecule has 0 saturated heterocycles. The molecule has 1 aromatic carbocycles. The van der Waals surface area contributed by atoms with Crippen molar-refractivity contribution in [3.8, 4) is 0 Å². The van der Waals surface area contributed by atoms with Gasteiger partial charge in [-0.1, -0.05) is 38.8 Å². The molecule has 0 spiro atoms. The summed E-state index contributed by atoms with van der Waals surface area (Å²) in [6.45, 7) is 10.4. The fourth-order valence-electron chi connectivity index (χ4n) is 2.79. The Balaban J connectivity index is 2.47. The Morgan fingerprint density at radius 2 is 1.85 bits per heavy atom. The lowest BCUT2D eigenvalue weighted by Gasteiger charge is -2.19. The van der Waals surface area contributed by atoms with E-state index in [0.717, 1.165) is 49.8 Å². The molecule has 1 rings (SSSR count). The van der Waals surface area contributed by atoms with Gasteiger partial charge in [0, 0.05) is 12.2 Å². The van der Waals surface area contributed by atoms with Crippen molar-refractivity contribution in [1.82, 2.24) is 5.32 Å². The Morgan fingerprint density at radius 1 is 1.19 bits per heavy atom. The van der Waals surface area contributed by atoms with Gasteiger partial charge in [0.05, 0.1) is 5.25 Å². The van der Waals surface area contributed by atoms with Gasteiger partial charge in [0.2, 0.25) is 0 Å². The Bertz CT molecular complexity index is 593. The smallest absolute Gasteiger partial charge is 0.407 e. The summed E-state index contributed by atoms with van der Waals surface area (Å²) >= 11 is 0. The van der Waals surface area contributed by atoms with E-state index in [1.807, 2.05) is 39.0 Å². The highest BCUT2D eigenvalue weighted by atomic mass is 32.2. The van der Waals surface area contributed by atoms with Gasteiger partial charge < -0.3 is 14.8 Å². The van der Waals surface area contributed by atoms with Gasteiger partial charge in [-0.25, -0.2) is 9.00 Å². The number of amides is 1. The Hall–Kier alpha value is -1.56. The van der Waals surface area contributed by atoms with Crippen LogP contribution in [0.15, 0.2) is 24.3 Å². The number of nitrogens with one attached hydrogen (secondary N) is 2. The molecule has 0 aliphatic carbocycles. The van der Waals surface area contributed by atoms with Crippen molar-refractivity contribution in [2.45, 2.75) is 84.0 Å². The molecule has 6 heteroatoms. The quantitative estimate of drug-likeness (QED) is 0.506. The van der Waals surface area contributed by atoms with Crippen molar-refractivity contribution in [2.75, 3.05) is 11.3 Å². The van der Waals surface area contributed by atoms with Crippen molar-refractivity contribution < 1.29 is 13.7 Å². The van der Waals surface area contributed by atoms with Crippen LogP contribution >= 0.6 is 0 Å². The van der Waals surface area contributed by atoms with Gasteiger partial charge in [-0.2, -0.15) is 0 Å². The van der Waals surface area contributed by atoms with Gasteiger partial charge >= 0.3 is 6.09 Å². The fourth-order valence-corrected chi connectivity index (χ4v) is 4.21. The molecule has 0 aromatic heterocycles. The maximum absolute atomic E-state index is 12.6. The zero-order valence-corrected chi connectivity index (χ0v) is 18.3. The number of ether oxygens (including phenoxy) is 1. The predicted octanol–water partition coefficient (Wildman–Crippen LogP) is 5.19. The van der Waals surface area contributed by atoms with Crippen molar-refractivity contribution in [2.24, 2.45) is 0 Å². The van der Waals surface area contributed by atoms with Crippen LogP contribution < -0.4 is 10.0 Å². The third-order valence-corrected chi connectivity index (χ3v) is 5.49. The molecule has 0 radical (unpaired) electrons. The monoisotopic (exact) mass is 396 g/mol. The third-order valence-electron chi connectivity index (χ3n) is 3.98. The zero-order chi connectivity index (χ0) is 20.3. The number of hydrogen-bond donors (Lipinski definition) is 2. The molecule has 27 heavy (non-hydrogen) atoms. The lowest BCUT2D eigenvalue weighted by atomic mass is 10.1. The molecular weight excluding hydrogens is 360 g/mol. The highest BCUT2D eigenvalue weighted by Crippen LogP contribution is 2.17. The van der Waals surface area contributed by atoms with Crippen LogP contribution in [0, 0.1) is 0 Å². The number of benzene rings is 1. The van der Waals surface area contributed by atoms with E-state index in [1.165, 1.54) is 0 Å². The average Bonchev–Trinajstić information content (AvgIpc) is 2.57. The lowest BCUT2D eigenvalue weighted by Crippen LogP contribution is -2.33. The molecule has 1 unspecified atom stereocenters. The summed E-state index contributed by atoms with van der Waals surface area (Å²) in [6.07, 6.45) is 5.32. The van der Waals surface area contributed by atoms with Crippen LogP contribution in [0.2, 0.25) is 0 Å². The van der Waals surface area contributed by atoms with E-state index in [9.17, 15) is 9.00 Å². The summed E-state index contributed by atoms with van der Waals surface area (Å²) in [6, 6.07) is 8.03. The second-order valence-corrected chi connectivity index (χ2v) is 9.30. The Labute approximate surface area is 167 Å². The van der Waals surface area contributed by atoms with E-state index in [2.05, 4.69) is 30.0 Å². The van der Waals surface area contributed by atoms with Crippen LogP contribution in [0.5, 0.6) is 0 Å². The fraction of sp³-hybridized carbons (Fsp3) is 0.667. The topological polar surface area (TPSA) is 67.4 Å². The first-order valence-corrected chi connectivity index (χ1v) is 11.2. The molecule has 1 aromatic rings. The van der Waals surface area contributed by atoms with Crippen LogP contribution in [0.3, 0.4) is 0 Å². The second kappa shape index (κ2) is 12.0. The molecule has 1 atom stereocenters. The molecule has 2 N–H and O–H groups in total. The van der Waals surface area contributed by atoms with Crippen LogP contribution in [-0.4, -0.2) is 27.7 Å². The van der Waals surface area contributed by atoms with E-state index < -0.39 is 16.6 Å². The number of aryl methyl sites for hydroxylation is 1. The largest absolute Gasteiger partial charge is 0.444 e. The molecular formula is C21H36N2O3S. The van der Waals surface area contributed by atoms with E-state index in [0.29, 0.717) is 6.54 Å². The number of rotatable bonds is 11. The van der Waals surface area contributed by atoms with Gasteiger partial charge in [0.15, 0.2) is 0 Å². The SMILES string of the molecule is CCCC(CCC)S(=O)Nc1cccc(CCCNC(=O)OC(C)(C)C)c1. The van der Waals surface area contributed by atoms with E-state index in [1.54, 1.807) is 0 Å². The summed E-state index contributed by atoms with van der Waals surface area (Å²) in [5.41, 5.74) is 1.57. The standard InChI is InChI=1S/C21H36N2O3S/c1-6-10-19(11-7-2)27(25)23-18-14-8-12-17(16-18)13-9-15-22-20(24)26-21(3,4)5/h8,12,14,16,19,23H,6-7,9-11,13,15H2,1-5H3,(H,22,24). The molecule has 0 heterocycles. The third kappa shape index (κ3) is 10.4. The van der Waals surface area contributed by atoms with Crippen molar-refractivity contribution >= 4 is 22.8 Å². The van der Waals surface area contributed by atoms with Crippen LogP contribution in [0.25, 0.3) is 0 Å². The normalized spacial score (nSPS) is 12.7. The number of carbonyl (C=O) groups excluding carboxylic acids is 1. The van der Waals surface area contributed by atoms with E-state index in [4.69, 9.17) is 4.74 Å². The maximum Gasteiger partial charge on any atom is 0.407 e. The van der Waals surface area contributed by atoms with Gasteiger partial charge in [0.1, 0.15) is 16.6 Å². The minimum Gasteiger partial charge on any atom is -0.444 e. The first-order chi connectivity index (χ1) is 12.7. The van der Waals surface area contributed by atoms with Crippen LogP contribution in [0.4, 0.5) is 10.5 Å². The number of carbonyl (C=O) groups is 1. The summed E-state index contributed by atoms with van der Waals surface area (Å²) in [7, 11) is -1.06. The number of hydrogen-bond acceptors (Lipinski definition) is 3. The second-order valence-electron chi connectivity index (χ2n) is 7.83. The molecule has 0 fully saturated rings. The molecule has 154 valence electrons. The molecule has 0 aliphatic heterocycles. The van der Waals surface area contributed by atoms with E-state index >= 15 is 0 Å². The first kappa shape index (κ1) is 23.5. The molecule has 0 aliphatic rings. The van der Waals surface area contributed by atoms with Crippen molar-refractivity contribution in [3.63, 3.8) is 0 Å². The van der Waals surface area contributed by atoms with Crippen LogP contribution in [0.1, 0.15) is 72.3 Å². The highest BCUT2D eigenvalue weighted by Gasteiger charge is 2.16. The van der Waals surface area contributed by atoms with Gasteiger partial charge in [-0.3, -0.25) is 0 Å². The van der Waals surface area contributed by atoms with Gasteiger partial charge in [-0.05, 0) is 64.2 Å². The molecule has 0 bridgehead atoms. The maximum atomic E-state index is 12.6. The van der Waals surface area contributed by atoms with Crippen LogP contribution in [-0.2, 0) is 22.1 Å². The highest BCUT2D eigenvalue weighted by molar-refractivity contribution is 7.87.